The summed E-state index contributed by atoms with van der Waals surface area (Å²) in [6, 6.07) is 14.1. The molecule has 1 aliphatic rings. The van der Waals surface area contributed by atoms with Crippen LogP contribution in [0.5, 0.6) is 5.75 Å². The number of esters is 1. The summed E-state index contributed by atoms with van der Waals surface area (Å²) in [6.07, 6.45) is -5.81. The Morgan fingerprint density at radius 1 is 1.00 bits per heavy atom. The molecule has 37 heavy (non-hydrogen) atoms. The SMILES string of the molecule is CC.CC(C)(C)OC(=O)N1CC(O)CC1C(=O)OCc1ccccc1.Cc1ccc(OC(F)(F)F)cc1. The minimum absolute atomic E-state index is 0.0695. The molecule has 0 aromatic heterocycles. The molecule has 1 heterocycles. The number of likely N-dealkylation sites (tertiary alicyclic amines) is 1. The second kappa shape index (κ2) is 14.5. The van der Waals surface area contributed by atoms with Gasteiger partial charge in [-0.1, -0.05) is 61.9 Å². The van der Waals surface area contributed by atoms with Crippen LogP contribution in [0.1, 0.15) is 52.2 Å². The first kappa shape index (κ1) is 31.8. The number of β-amino-alcohol motifs (C(OH)–C–C–N with tert-alkyl or cyclic N) is 1. The Balaban J connectivity index is 0.000000411. The highest BCUT2D eigenvalue weighted by Crippen LogP contribution is 2.23. The number of halogens is 3. The number of alkyl halides is 3. The van der Waals surface area contributed by atoms with Crippen molar-refractivity contribution in [2.24, 2.45) is 0 Å². The van der Waals surface area contributed by atoms with Crippen LogP contribution in [0, 0.1) is 6.92 Å². The average molecular weight is 528 g/mol. The zero-order chi connectivity index (χ0) is 28.2. The van der Waals surface area contributed by atoms with Crippen LogP contribution < -0.4 is 4.74 Å². The van der Waals surface area contributed by atoms with Gasteiger partial charge in [0.05, 0.1) is 12.6 Å². The summed E-state index contributed by atoms with van der Waals surface area (Å²) in [5, 5.41) is 9.79. The predicted molar refractivity (Wildman–Crippen MR) is 133 cm³/mol. The van der Waals surface area contributed by atoms with Gasteiger partial charge in [-0.05, 0) is 45.4 Å². The highest BCUT2D eigenvalue weighted by molar-refractivity contribution is 5.82. The fraction of sp³-hybridized carbons (Fsp3) is 0.481. The third-order valence-electron chi connectivity index (χ3n) is 4.66. The first-order valence-corrected chi connectivity index (χ1v) is 11.9. The lowest BCUT2D eigenvalue weighted by Crippen LogP contribution is -2.44. The molecule has 0 bridgehead atoms. The fourth-order valence-corrected chi connectivity index (χ4v) is 3.12. The van der Waals surface area contributed by atoms with Crippen LogP contribution in [-0.4, -0.2) is 52.7 Å². The predicted octanol–water partition coefficient (Wildman–Crippen LogP) is 6.02. The summed E-state index contributed by atoms with van der Waals surface area (Å²) in [6.45, 7) is 11.2. The minimum Gasteiger partial charge on any atom is -0.459 e. The van der Waals surface area contributed by atoms with E-state index in [1.165, 1.54) is 17.0 Å². The van der Waals surface area contributed by atoms with Crippen molar-refractivity contribution in [3.63, 3.8) is 0 Å². The molecule has 2 unspecified atom stereocenters. The van der Waals surface area contributed by atoms with Gasteiger partial charge in [0.25, 0.3) is 0 Å². The maximum atomic E-state index is 12.3. The first-order valence-electron chi connectivity index (χ1n) is 11.9. The second-order valence-electron chi connectivity index (χ2n) is 8.99. The van der Waals surface area contributed by atoms with Gasteiger partial charge in [-0.25, -0.2) is 9.59 Å². The van der Waals surface area contributed by atoms with Crippen molar-refractivity contribution in [3.8, 4) is 5.75 Å². The van der Waals surface area contributed by atoms with Crippen molar-refractivity contribution in [2.45, 2.75) is 78.7 Å². The van der Waals surface area contributed by atoms with E-state index >= 15 is 0 Å². The topological polar surface area (TPSA) is 85.3 Å². The molecular formula is C27H36F3NO6. The Bertz CT molecular complexity index is 959. The Kier molecular flexibility index (Phi) is 12.4. The number of aliphatic hydroxyl groups is 1. The number of hydrogen-bond donors (Lipinski definition) is 1. The quantitative estimate of drug-likeness (QED) is 0.490. The van der Waals surface area contributed by atoms with E-state index in [0.29, 0.717) is 0 Å². The molecule has 7 nitrogen and oxygen atoms in total. The van der Waals surface area contributed by atoms with Crippen LogP contribution in [0.4, 0.5) is 18.0 Å². The number of nitrogens with zero attached hydrogens (tertiary/aromatic N) is 1. The molecule has 0 aliphatic carbocycles. The molecule has 10 heteroatoms. The number of benzene rings is 2. The molecule has 0 spiro atoms. The summed E-state index contributed by atoms with van der Waals surface area (Å²) in [5.41, 5.74) is 1.09. The van der Waals surface area contributed by atoms with Crippen molar-refractivity contribution >= 4 is 12.1 Å². The van der Waals surface area contributed by atoms with Crippen molar-refractivity contribution in [1.82, 2.24) is 4.90 Å². The second-order valence-corrected chi connectivity index (χ2v) is 8.99. The Hall–Kier alpha value is -3.27. The summed E-state index contributed by atoms with van der Waals surface area (Å²) in [7, 11) is 0. The molecule has 3 rings (SSSR count). The van der Waals surface area contributed by atoms with E-state index in [4.69, 9.17) is 9.47 Å². The number of carbonyl (C=O) groups excluding carboxylic acids is 2. The number of hydrogen-bond acceptors (Lipinski definition) is 6. The lowest BCUT2D eigenvalue weighted by molar-refractivity contribution is -0.274. The Morgan fingerprint density at radius 2 is 1.57 bits per heavy atom. The van der Waals surface area contributed by atoms with E-state index in [-0.39, 0.29) is 25.3 Å². The van der Waals surface area contributed by atoms with E-state index in [0.717, 1.165) is 11.1 Å². The van der Waals surface area contributed by atoms with Crippen LogP contribution in [0.2, 0.25) is 0 Å². The smallest absolute Gasteiger partial charge is 0.459 e. The van der Waals surface area contributed by atoms with Crippen molar-refractivity contribution in [2.75, 3.05) is 6.54 Å². The largest absolute Gasteiger partial charge is 0.573 e. The van der Waals surface area contributed by atoms with Crippen LogP contribution in [0.25, 0.3) is 0 Å². The molecule has 1 N–H and O–H groups in total. The molecular weight excluding hydrogens is 491 g/mol. The maximum absolute atomic E-state index is 12.3. The highest BCUT2D eigenvalue weighted by Gasteiger charge is 2.41. The normalized spacial score (nSPS) is 17.0. The monoisotopic (exact) mass is 527 g/mol. The van der Waals surface area contributed by atoms with Gasteiger partial charge in [0, 0.05) is 6.42 Å². The van der Waals surface area contributed by atoms with Gasteiger partial charge in [0.15, 0.2) is 0 Å². The van der Waals surface area contributed by atoms with Gasteiger partial charge in [0.1, 0.15) is 24.0 Å². The molecule has 1 fully saturated rings. The molecule has 0 radical (unpaired) electrons. The van der Waals surface area contributed by atoms with Gasteiger partial charge in [-0.15, -0.1) is 13.2 Å². The molecule has 2 atom stereocenters. The van der Waals surface area contributed by atoms with E-state index in [2.05, 4.69) is 4.74 Å². The summed E-state index contributed by atoms with van der Waals surface area (Å²) in [5.74, 6) is -0.718. The number of aliphatic hydroxyl groups excluding tert-OH is 1. The molecule has 1 saturated heterocycles. The maximum Gasteiger partial charge on any atom is 0.573 e. The van der Waals surface area contributed by atoms with Crippen LogP contribution in [0.3, 0.4) is 0 Å². The summed E-state index contributed by atoms with van der Waals surface area (Å²) < 4.78 is 49.1. The minimum atomic E-state index is -4.60. The van der Waals surface area contributed by atoms with Crippen LogP contribution >= 0.6 is 0 Å². The zero-order valence-corrected chi connectivity index (χ0v) is 22.0. The molecule has 0 saturated carbocycles. The average Bonchev–Trinajstić information content (AvgIpc) is 3.22. The number of carbonyl (C=O) groups is 2. The molecule has 2 aromatic carbocycles. The number of amides is 1. The molecule has 2 aromatic rings. The number of ether oxygens (including phenoxy) is 3. The molecule has 206 valence electrons. The highest BCUT2D eigenvalue weighted by atomic mass is 19.4. The van der Waals surface area contributed by atoms with Gasteiger partial charge in [-0.2, -0.15) is 0 Å². The van der Waals surface area contributed by atoms with Crippen molar-refractivity contribution < 1.29 is 42.1 Å². The first-order chi connectivity index (χ1) is 17.2. The number of rotatable bonds is 4. The Labute approximate surface area is 216 Å². The lowest BCUT2D eigenvalue weighted by atomic mass is 10.2. The van der Waals surface area contributed by atoms with Gasteiger partial charge in [0.2, 0.25) is 0 Å². The standard InChI is InChI=1S/C17H23NO5.C8H7F3O.C2H6/c1-17(2,3)23-16(21)18-10-13(19)9-14(18)15(20)22-11-12-7-5-4-6-8-12;1-6-2-4-7(5-3-6)12-8(9,10)11;1-2/h4-8,13-14,19H,9-11H2,1-3H3;2-5H,1H3;1-2H3. The van der Waals surface area contributed by atoms with Crippen molar-refractivity contribution in [3.05, 3.63) is 65.7 Å². The lowest BCUT2D eigenvalue weighted by Gasteiger charge is -2.27. The zero-order valence-electron chi connectivity index (χ0n) is 22.0. The van der Waals surface area contributed by atoms with E-state index in [9.17, 15) is 27.9 Å². The third-order valence-corrected chi connectivity index (χ3v) is 4.66. The van der Waals surface area contributed by atoms with E-state index in [1.807, 2.05) is 44.2 Å². The van der Waals surface area contributed by atoms with Crippen LogP contribution in [-0.2, 0) is 20.9 Å². The van der Waals surface area contributed by atoms with E-state index < -0.39 is 36.2 Å². The summed E-state index contributed by atoms with van der Waals surface area (Å²) >= 11 is 0. The third kappa shape index (κ3) is 12.5. The van der Waals surface area contributed by atoms with Gasteiger partial charge >= 0.3 is 18.4 Å². The Morgan fingerprint density at radius 3 is 2.08 bits per heavy atom. The van der Waals surface area contributed by atoms with Gasteiger partial charge < -0.3 is 19.3 Å². The van der Waals surface area contributed by atoms with E-state index in [1.54, 1.807) is 39.8 Å². The van der Waals surface area contributed by atoms with Gasteiger partial charge in [-0.3, -0.25) is 4.90 Å². The van der Waals surface area contributed by atoms with Crippen LogP contribution in [0.15, 0.2) is 54.6 Å². The molecule has 1 amide bonds. The summed E-state index contributed by atoms with van der Waals surface area (Å²) in [4.78, 5) is 25.7. The molecule has 1 aliphatic heterocycles. The van der Waals surface area contributed by atoms with Crippen molar-refractivity contribution in [1.29, 1.82) is 0 Å². The fourth-order valence-electron chi connectivity index (χ4n) is 3.12. The number of aryl methyl sites for hydroxylation is 1.